The molecule has 0 radical (unpaired) electrons. The summed E-state index contributed by atoms with van der Waals surface area (Å²) in [5.74, 6) is 1.91. The molecule has 0 aliphatic carbocycles. The van der Waals surface area contributed by atoms with Crippen molar-refractivity contribution in [2.75, 3.05) is 20.8 Å². The van der Waals surface area contributed by atoms with Crippen LogP contribution in [0.3, 0.4) is 0 Å². The number of benzene rings is 1. The minimum atomic E-state index is -0.245. The Morgan fingerprint density at radius 1 is 1.21 bits per heavy atom. The first kappa shape index (κ1) is 15.8. The third kappa shape index (κ3) is 5.09. The van der Waals surface area contributed by atoms with Gasteiger partial charge in [-0.2, -0.15) is 0 Å². The van der Waals surface area contributed by atoms with E-state index >= 15 is 0 Å². The van der Waals surface area contributed by atoms with Gasteiger partial charge in [0.25, 0.3) is 0 Å². The molecule has 0 amide bonds. The van der Waals surface area contributed by atoms with Gasteiger partial charge in [0, 0.05) is 18.2 Å². The molecule has 1 aromatic carbocycles. The molecule has 1 atom stereocenters. The fourth-order valence-electron chi connectivity index (χ4n) is 1.80. The van der Waals surface area contributed by atoms with Crippen LogP contribution >= 0.6 is 0 Å². The SMILES string of the molecule is COc1ccc(CNCCC(O)C(C)C)c(OC)c1. The van der Waals surface area contributed by atoms with Crippen molar-refractivity contribution in [1.29, 1.82) is 0 Å². The van der Waals surface area contributed by atoms with E-state index in [4.69, 9.17) is 9.47 Å². The first-order valence-electron chi connectivity index (χ1n) is 6.68. The van der Waals surface area contributed by atoms with E-state index in [1.807, 2.05) is 32.0 Å². The summed E-state index contributed by atoms with van der Waals surface area (Å²) in [6.45, 7) is 5.56. The number of methoxy groups -OCH3 is 2. The first-order valence-corrected chi connectivity index (χ1v) is 6.68. The Morgan fingerprint density at radius 2 is 1.95 bits per heavy atom. The number of aliphatic hydroxyl groups is 1. The molecule has 0 aliphatic rings. The Labute approximate surface area is 115 Å². The summed E-state index contributed by atoms with van der Waals surface area (Å²) >= 11 is 0. The van der Waals surface area contributed by atoms with Gasteiger partial charge < -0.3 is 19.9 Å². The van der Waals surface area contributed by atoms with Crippen LogP contribution in [0.25, 0.3) is 0 Å². The molecule has 0 spiro atoms. The third-order valence-electron chi connectivity index (χ3n) is 3.20. The predicted octanol–water partition coefficient (Wildman–Crippen LogP) is 2.20. The Hall–Kier alpha value is -1.26. The smallest absolute Gasteiger partial charge is 0.127 e. The monoisotopic (exact) mass is 267 g/mol. The van der Waals surface area contributed by atoms with E-state index in [0.717, 1.165) is 36.6 Å². The minimum absolute atomic E-state index is 0.245. The lowest BCUT2D eigenvalue weighted by molar-refractivity contribution is 0.116. The maximum absolute atomic E-state index is 9.71. The van der Waals surface area contributed by atoms with Crippen molar-refractivity contribution in [3.05, 3.63) is 23.8 Å². The molecule has 1 rings (SSSR count). The largest absolute Gasteiger partial charge is 0.497 e. The molecule has 0 bridgehead atoms. The van der Waals surface area contributed by atoms with Crippen molar-refractivity contribution in [2.24, 2.45) is 5.92 Å². The van der Waals surface area contributed by atoms with E-state index in [-0.39, 0.29) is 6.10 Å². The van der Waals surface area contributed by atoms with Gasteiger partial charge in [-0.25, -0.2) is 0 Å². The highest BCUT2D eigenvalue weighted by molar-refractivity contribution is 5.40. The number of hydrogen-bond acceptors (Lipinski definition) is 4. The zero-order valence-electron chi connectivity index (χ0n) is 12.3. The van der Waals surface area contributed by atoms with Crippen LogP contribution in [0.5, 0.6) is 11.5 Å². The van der Waals surface area contributed by atoms with Crippen molar-refractivity contribution in [2.45, 2.75) is 32.9 Å². The van der Waals surface area contributed by atoms with Crippen LogP contribution in [0.4, 0.5) is 0 Å². The Morgan fingerprint density at radius 3 is 2.53 bits per heavy atom. The zero-order valence-corrected chi connectivity index (χ0v) is 12.3. The number of aliphatic hydroxyl groups excluding tert-OH is 1. The van der Waals surface area contributed by atoms with E-state index in [1.165, 1.54) is 0 Å². The molecule has 4 heteroatoms. The summed E-state index contributed by atoms with van der Waals surface area (Å²) in [4.78, 5) is 0. The Bertz CT molecular complexity index is 380. The van der Waals surface area contributed by atoms with Crippen LogP contribution in [0, 0.1) is 5.92 Å². The molecule has 2 N–H and O–H groups in total. The molecular formula is C15H25NO3. The molecule has 4 nitrogen and oxygen atoms in total. The lowest BCUT2D eigenvalue weighted by Gasteiger charge is -2.15. The first-order chi connectivity index (χ1) is 9.08. The highest BCUT2D eigenvalue weighted by Gasteiger charge is 2.09. The summed E-state index contributed by atoms with van der Waals surface area (Å²) in [7, 11) is 3.29. The maximum atomic E-state index is 9.71. The topological polar surface area (TPSA) is 50.7 Å². The second-order valence-corrected chi connectivity index (χ2v) is 4.95. The van der Waals surface area contributed by atoms with Crippen molar-refractivity contribution in [1.82, 2.24) is 5.32 Å². The van der Waals surface area contributed by atoms with E-state index in [0.29, 0.717) is 5.92 Å². The molecule has 108 valence electrons. The molecule has 0 heterocycles. The van der Waals surface area contributed by atoms with Gasteiger partial charge in [-0.1, -0.05) is 19.9 Å². The standard InChI is InChI=1S/C15H25NO3/c1-11(2)14(17)7-8-16-10-12-5-6-13(18-3)9-15(12)19-4/h5-6,9,11,14,16-17H,7-8,10H2,1-4H3. The van der Waals surface area contributed by atoms with E-state index < -0.39 is 0 Å². The average molecular weight is 267 g/mol. The van der Waals surface area contributed by atoms with Crippen molar-refractivity contribution < 1.29 is 14.6 Å². The van der Waals surface area contributed by atoms with Crippen LogP contribution in [0.15, 0.2) is 18.2 Å². The highest BCUT2D eigenvalue weighted by atomic mass is 16.5. The van der Waals surface area contributed by atoms with Gasteiger partial charge in [0.15, 0.2) is 0 Å². The van der Waals surface area contributed by atoms with Crippen LogP contribution in [0.2, 0.25) is 0 Å². The summed E-state index contributed by atoms with van der Waals surface area (Å²) in [5.41, 5.74) is 1.09. The van der Waals surface area contributed by atoms with Crippen LogP contribution in [-0.2, 0) is 6.54 Å². The van der Waals surface area contributed by atoms with Crippen LogP contribution in [0.1, 0.15) is 25.8 Å². The average Bonchev–Trinajstić information content (AvgIpc) is 2.43. The maximum Gasteiger partial charge on any atom is 0.127 e. The molecular weight excluding hydrogens is 242 g/mol. The van der Waals surface area contributed by atoms with E-state index in [1.54, 1.807) is 14.2 Å². The normalized spacial score (nSPS) is 12.5. The second-order valence-electron chi connectivity index (χ2n) is 4.95. The molecule has 0 saturated carbocycles. The molecule has 1 aromatic rings. The van der Waals surface area contributed by atoms with Crippen molar-refractivity contribution >= 4 is 0 Å². The zero-order chi connectivity index (χ0) is 14.3. The van der Waals surface area contributed by atoms with Crippen LogP contribution in [-0.4, -0.2) is 32.0 Å². The number of nitrogens with one attached hydrogen (secondary N) is 1. The van der Waals surface area contributed by atoms with Gasteiger partial charge in [-0.15, -0.1) is 0 Å². The van der Waals surface area contributed by atoms with Gasteiger partial charge >= 0.3 is 0 Å². The third-order valence-corrected chi connectivity index (χ3v) is 3.20. The molecule has 0 fully saturated rings. The number of rotatable bonds is 8. The van der Waals surface area contributed by atoms with Gasteiger partial charge in [-0.3, -0.25) is 0 Å². The summed E-state index contributed by atoms with van der Waals surface area (Å²) in [6, 6.07) is 5.78. The molecule has 19 heavy (non-hydrogen) atoms. The van der Waals surface area contributed by atoms with E-state index in [9.17, 15) is 5.11 Å². The number of hydrogen-bond donors (Lipinski definition) is 2. The summed E-state index contributed by atoms with van der Waals surface area (Å²) < 4.78 is 10.5. The summed E-state index contributed by atoms with van der Waals surface area (Å²) in [5, 5.41) is 13.0. The molecule has 0 aromatic heterocycles. The quantitative estimate of drug-likeness (QED) is 0.709. The summed E-state index contributed by atoms with van der Waals surface area (Å²) in [6.07, 6.45) is 0.515. The molecule has 0 saturated heterocycles. The van der Waals surface area contributed by atoms with Gasteiger partial charge in [-0.05, 0) is 24.9 Å². The van der Waals surface area contributed by atoms with Crippen LogP contribution < -0.4 is 14.8 Å². The Kier molecular flexibility index (Phi) is 6.67. The lowest BCUT2D eigenvalue weighted by atomic mass is 10.0. The van der Waals surface area contributed by atoms with Gasteiger partial charge in [0.2, 0.25) is 0 Å². The second kappa shape index (κ2) is 8.02. The van der Waals surface area contributed by atoms with Gasteiger partial charge in [0.05, 0.1) is 20.3 Å². The lowest BCUT2D eigenvalue weighted by Crippen LogP contribution is -2.23. The Balaban J connectivity index is 2.45. The molecule has 1 unspecified atom stereocenters. The van der Waals surface area contributed by atoms with Crippen molar-refractivity contribution in [3.8, 4) is 11.5 Å². The predicted molar refractivity (Wildman–Crippen MR) is 76.7 cm³/mol. The highest BCUT2D eigenvalue weighted by Crippen LogP contribution is 2.24. The van der Waals surface area contributed by atoms with E-state index in [2.05, 4.69) is 5.32 Å². The van der Waals surface area contributed by atoms with Gasteiger partial charge in [0.1, 0.15) is 11.5 Å². The fourth-order valence-corrected chi connectivity index (χ4v) is 1.80. The molecule has 0 aliphatic heterocycles. The minimum Gasteiger partial charge on any atom is -0.497 e. The van der Waals surface area contributed by atoms with Crippen molar-refractivity contribution in [3.63, 3.8) is 0 Å². The number of ether oxygens (including phenoxy) is 2. The fraction of sp³-hybridized carbons (Fsp3) is 0.600.